The first-order valence-electron chi connectivity index (χ1n) is 5.27. The Labute approximate surface area is 86.7 Å². The molecule has 0 amide bonds. The molecule has 0 radical (unpaired) electrons. The molecular formula is C11H21NO2. The number of carbonyl (C=O) groups is 1. The van der Waals surface area contributed by atoms with Crippen molar-refractivity contribution in [3.63, 3.8) is 0 Å². The number of carbonyl (C=O) groups excluding carboxylic acids is 1. The molecule has 0 aliphatic heterocycles. The van der Waals surface area contributed by atoms with E-state index in [1.54, 1.807) is 0 Å². The van der Waals surface area contributed by atoms with Crippen LogP contribution in [-0.4, -0.2) is 37.1 Å². The van der Waals surface area contributed by atoms with Gasteiger partial charge in [-0.1, -0.05) is 26.0 Å². The van der Waals surface area contributed by atoms with E-state index in [-0.39, 0.29) is 5.97 Å². The van der Waals surface area contributed by atoms with Gasteiger partial charge >= 0.3 is 5.97 Å². The molecule has 0 saturated heterocycles. The summed E-state index contributed by atoms with van der Waals surface area (Å²) >= 11 is 0. The molecule has 0 heterocycles. The van der Waals surface area contributed by atoms with Gasteiger partial charge in [0.2, 0.25) is 0 Å². The zero-order chi connectivity index (χ0) is 10.8. The predicted molar refractivity (Wildman–Crippen MR) is 58.2 cm³/mol. The van der Waals surface area contributed by atoms with E-state index in [2.05, 4.69) is 18.7 Å². The van der Waals surface area contributed by atoms with Crippen molar-refractivity contribution in [2.45, 2.75) is 27.2 Å². The van der Waals surface area contributed by atoms with Crippen LogP contribution in [0.4, 0.5) is 0 Å². The topological polar surface area (TPSA) is 29.5 Å². The third kappa shape index (κ3) is 6.66. The van der Waals surface area contributed by atoms with Gasteiger partial charge in [-0.3, -0.25) is 4.79 Å². The van der Waals surface area contributed by atoms with Crippen LogP contribution in [0.25, 0.3) is 0 Å². The van der Waals surface area contributed by atoms with Gasteiger partial charge in [0.1, 0.15) is 0 Å². The van der Waals surface area contributed by atoms with Crippen LogP contribution in [0, 0.1) is 0 Å². The zero-order valence-electron chi connectivity index (χ0n) is 9.45. The van der Waals surface area contributed by atoms with E-state index in [1.807, 2.05) is 19.1 Å². The second kappa shape index (κ2) is 8.75. The number of hydrogen-bond acceptors (Lipinski definition) is 3. The maximum absolute atomic E-state index is 10.9. The highest BCUT2D eigenvalue weighted by molar-refractivity contribution is 5.71. The summed E-state index contributed by atoms with van der Waals surface area (Å²) in [5.74, 6) is -0.150. The summed E-state index contributed by atoms with van der Waals surface area (Å²) in [5, 5.41) is 0. The summed E-state index contributed by atoms with van der Waals surface area (Å²) in [5.41, 5.74) is 0. The molecule has 0 rings (SSSR count). The largest absolute Gasteiger partial charge is 0.466 e. The number of hydrogen-bond donors (Lipinski definition) is 0. The molecule has 0 aromatic heterocycles. The van der Waals surface area contributed by atoms with Crippen LogP contribution >= 0.6 is 0 Å². The molecule has 0 fully saturated rings. The van der Waals surface area contributed by atoms with E-state index in [4.69, 9.17) is 4.74 Å². The van der Waals surface area contributed by atoms with Crippen molar-refractivity contribution in [3.05, 3.63) is 12.2 Å². The van der Waals surface area contributed by atoms with E-state index >= 15 is 0 Å². The average molecular weight is 199 g/mol. The highest BCUT2D eigenvalue weighted by atomic mass is 16.5. The Hall–Kier alpha value is -0.830. The van der Waals surface area contributed by atoms with Crippen molar-refractivity contribution in [2.75, 3.05) is 26.2 Å². The predicted octanol–water partition coefficient (Wildman–Crippen LogP) is 1.84. The lowest BCUT2D eigenvalue weighted by molar-refractivity contribution is -0.142. The van der Waals surface area contributed by atoms with Crippen molar-refractivity contribution in [1.29, 1.82) is 0 Å². The van der Waals surface area contributed by atoms with Crippen LogP contribution in [0.1, 0.15) is 27.2 Å². The minimum atomic E-state index is -0.150. The van der Waals surface area contributed by atoms with E-state index in [0.717, 1.165) is 19.6 Å². The maximum Gasteiger partial charge on any atom is 0.309 e. The Kier molecular flexibility index (Phi) is 8.24. The van der Waals surface area contributed by atoms with Gasteiger partial charge in [0.05, 0.1) is 13.0 Å². The number of ether oxygens (including phenoxy) is 1. The van der Waals surface area contributed by atoms with Gasteiger partial charge in [0.15, 0.2) is 0 Å². The van der Waals surface area contributed by atoms with Gasteiger partial charge in [-0.15, -0.1) is 0 Å². The van der Waals surface area contributed by atoms with Crippen LogP contribution in [0.2, 0.25) is 0 Å². The van der Waals surface area contributed by atoms with Gasteiger partial charge in [0, 0.05) is 6.54 Å². The fourth-order valence-electron chi connectivity index (χ4n) is 1.10. The lowest BCUT2D eigenvalue weighted by atomic mass is 10.3. The van der Waals surface area contributed by atoms with Crippen molar-refractivity contribution in [2.24, 2.45) is 0 Å². The number of esters is 1. The second-order valence-electron chi connectivity index (χ2n) is 2.97. The molecule has 0 aliphatic rings. The molecule has 14 heavy (non-hydrogen) atoms. The SMILES string of the molecule is CCOC(=O)C/C=C/CN(CC)CC. The van der Waals surface area contributed by atoms with Gasteiger partial charge in [-0.05, 0) is 20.0 Å². The van der Waals surface area contributed by atoms with Gasteiger partial charge in [0.25, 0.3) is 0 Å². The van der Waals surface area contributed by atoms with E-state index < -0.39 is 0 Å². The highest BCUT2D eigenvalue weighted by Gasteiger charge is 1.97. The molecule has 0 saturated carbocycles. The Morgan fingerprint density at radius 3 is 2.36 bits per heavy atom. The molecule has 0 aromatic rings. The van der Waals surface area contributed by atoms with Gasteiger partial charge < -0.3 is 9.64 Å². The molecule has 0 N–H and O–H groups in total. The van der Waals surface area contributed by atoms with Crippen LogP contribution in [0.5, 0.6) is 0 Å². The first kappa shape index (κ1) is 13.2. The summed E-state index contributed by atoms with van der Waals surface area (Å²) < 4.78 is 4.80. The van der Waals surface area contributed by atoms with Crippen LogP contribution < -0.4 is 0 Å². The zero-order valence-corrected chi connectivity index (χ0v) is 9.45. The van der Waals surface area contributed by atoms with Crippen molar-refractivity contribution in [3.8, 4) is 0 Å². The number of rotatable bonds is 7. The Morgan fingerprint density at radius 1 is 1.21 bits per heavy atom. The van der Waals surface area contributed by atoms with E-state index in [0.29, 0.717) is 13.0 Å². The van der Waals surface area contributed by atoms with Crippen LogP contribution in [0.3, 0.4) is 0 Å². The second-order valence-corrected chi connectivity index (χ2v) is 2.97. The highest BCUT2D eigenvalue weighted by Crippen LogP contribution is 1.91. The fourth-order valence-corrected chi connectivity index (χ4v) is 1.10. The average Bonchev–Trinajstić information content (AvgIpc) is 2.19. The van der Waals surface area contributed by atoms with Gasteiger partial charge in [-0.25, -0.2) is 0 Å². The Balaban J connectivity index is 3.57. The third-order valence-corrected chi connectivity index (χ3v) is 2.01. The normalized spacial score (nSPS) is 11.1. The standard InChI is InChI=1S/C11H21NO2/c1-4-12(5-2)10-8-7-9-11(13)14-6-3/h7-8H,4-6,9-10H2,1-3H3/b8-7+. The smallest absolute Gasteiger partial charge is 0.309 e. The summed E-state index contributed by atoms with van der Waals surface area (Å²) in [6.07, 6.45) is 4.27. The molecule has 82 valence electrons. The fraction of sp³-hybridized carbons (Fsp3) is 0.727. The minimum Gasteiger partial charge on any atom is -0.466 e. The first-order chi connectivity index (χ1) is 6.74. The van der Waals surface area contributed by atoms with E-state index in [9.17, 15) is 4.79 Å². The summed E-state index contributed by atoms with van der Waals surface area (Å²) in [7, 11) is 0. The Morgan fingerprint density at radius 2 is 1.86 bits per heavy atom. The van der Waals surface area contributed by atoms with Gasteiger partial charge in [-0.2, -0.15) is 0 Å². The summed E-state index contributed by atoms with van der Waals surface area (Å²) in [6, 6.07) is 0. The summed E-state index contributed by atoms with van der Waals surface area (Å²) in [6.45, 7) is 9.53. The monoisotopic (exact) mass is 199 g/mol. The molecule has 0 spiro atoms. The van der Waals surface area contributed by atoms with Crippen LogP contribution in [-0.2, 0) is 9.53 Å². The first-order valence-corrected chi connectivity index (χ1v) is 5.27. The molecule has 0 aliphatic carbocycles. The third-order valence-electron chi connectivity index (χ3n) is 2.01. The van der Waals surface area contributed by atoms with Crippen molar-refractivity contribution >= 4 is 5.97 Å². The lowest BCUT2D eigenvalue weighted by Gasteiger charge is -2.14. The lowest BCUT2D eigenvalue weighted by Crippen LogP contribution is -2.22. The molecule has 3 nitrogen and oxygen atoms in total. The molecular weight excluding hydrogens is 178 g/mol. The number of nitrogens with zero attached hydrogens (tertiary/aromatic N) is 1. The van der Waals surface area contributed by atoms with Crippen molar-refractivity contribution < 1.29 is 9.53 Å². The molecule has 3 heteroatoms. The summed E-state index contributed by atoms with van der Waals surface area (Å²) in [4.78, 5) is 13.2. The van der Waals surface area contributed by atoms with Crippen LogP contribution in [0.15, 0.2) is 12.2 Å². The number of likely N-dealkylation sites (N-methyl/N-ethyl adjacent to an activating group) is 1. The molecule has 0 atom stereocenters. The van der Waals surface area contributed by atoms with E-state index in [1.165, 1.54) is 0 Å². The minimum absolute atomic E-state index is 0.150. The Bertz CT molecular complexity index is 174. The molecule has 0 aromatic carbocycles. The molecule has 0 unspecified atom stereocenters. The molecule has 0 bridgehead atoms. The van der Waals surface area contributed by atoms with Crippen molar-refractivity contribution in [1.82, 2.24) is 4.90 Å². The maximum atomic E-state index is 10.9. The quantitative estimate of drug-likeness (QED) is 0.463.